The highest BCUT2D eigenvalue weighted by Crippen LogP contribution is 2.30. The first kappa shape index (κ1) is 51.4. The van der Waals surface area contributed by atoms with Gasteiger partial charge in [-0.1, -0.05) is 100 Å². The second-order valence-electron chi connectivity index (χ2n) is 18.3. The predicted molar refractivity (Wildman–Crippen MR) is 248 cm³/mol. The van der Waals surface area contributed by atoms with E-state index in [0.29, 0.717) is 5.56 Å². The van der Waals surface area contributed by atoms with Crippen molar-refractivity contribution in [3.05, 3.63) is 101 Å². The van der Waals surface area contributed by atoms with Crippen molar-refractivity contribution in [2.24, 2.45) is 11.8 Å². The molecule has 0 radical (unpaired) electrons. The molecule has 1 saturated heterocycles. The van der Waals surface area contributed by atoms with Gasteiger partial charge in [-0.05, 0) is 95.1 Å². The van der Waals surface area contributed by atoms with E-state index in [9.17, 15) is 28.8 Å². The van der Waals surface area contributed by atoms with Crippen LogP contribution in [0.5, 0.6) is 0 Å². The van der Waals surface area contributed by atoms with E-state index in [1.165, 1.54) is 6.92 Å². The molecule has 0 spiro atoms. The lowest BCUT2D eigenvalue weighted by molar-refractivity contribution is -0.146. The summed E-state index contributed by atoms with van der Waals surface area (Å²) in [5.41, 5.74) is 2.45. The van der Waals surface area contributed by atoms with Crippen LogP contribution in [0.1, 0.15) is 103 Å². The van der Waals surface area contributed by atoms with Crippen LogP contribution in [0.4, 0.5) is 4.79 Å². The van der Waals surface area contributed by atoms with Crippen LogP contribution in [0.15, 0.2) is 79.1 Å². The molecular formula is C50H67N7O8. The maximum Gasteiger partial charge on any atom is 0.408 e. The summed E-state index contributed by atoms with van der Waals surface area (Å²) in [5, 5.41) is 13.8. The number of hydrogen-bond acceptors (Lipinski definition) is 10. The number of nitrogens with one attached hydrogen (secondary N) is 5. The van der Waals surface area contributed by atoms with Crippen molar-refractivity contribution in [2.75, 3.05) is 20.2 Å². The smallest absolute Gasteiger partial charge is 0.408 e. The number of hydrogen-bond donors (Lipinski definition) is 5. The molecule has 0 saturated carbocycles. The van der Waals surface area contributed by atoms with E-state index in [4.69, 9.17) is 9.47 Å². The van der Waals surface area contributed by atoms with E-state index in [2.05, 4.69) is 55.4 Å². The van der Waals surface area contributed by atoms with Gasteiger partial charge in [-0.3, -0.25) is 29.1 Å². The molecule has 4 rings (SSSR count). The standard InChI is InChI=1S/C50H67N7O8/c1-32(2)26-39(55-49(63)65-50(6,7)8)46(60)56-43(33(3)4)47(61)54-41(29-36-20-14-11-15-21-36)45(59)53-40(28-35-18-12-10-13-19-35)44(58)52-34(5)48(62)64-25-17-22-37-27-38(31-51-30-37)42-23-16-24-57(42)9/h10-15,18-21,27,30-34,39-43H,16,23-26,28-29H2,1-9H3,(H,52,58)(H,53,59)(H,54,61)(H,55,63)(H,56,60)/t34-,39-,40-,41-,42?,43-/m0/s1. The van der Waals surface area contributed by atoms with Gasteiger partial charge in [0.2, 0.25) is 23.6 Å². The second-order valence-corrected chi connectivity index (χ2v) is 18.3. The third-order valence-corrected chi connectivity index (χ3v) is 10.7. The normalized spacial score (nSPS) is 16.1. The van der Waals surface area contributed by atoms with Crippen molar-refractivity contribution < 1.29 is 38.2 Å². The number of likely N-dealkylation sites (tertiary alicyclic amines) is 1. The summed E-state index contributed by atoms with van der Waals surface area (Å²) in [5.74, 6) is 2.17. The predicted octanol–water partition coefficient (Wildman–Crippen LogP) is 4.78. The Hall–Kier alpha value is -6.27. The summed E-state index contributed by atoms with van der Waals surface area (Å²) in [6, 6.07) is 14.8. The van der Waals surface area contributed by atoms with E-state index < -0.39 is 77.4 Å². The van der Waals surface area contributed by atoms with Crippen LogP contribution in [-0.2, 0) is 46.3 Å². The summed E-state index contributed by atoms with van der Waals surface area (Å²) in [6.07, 6.45) is 5.30. The molecule has 0 aliphatic carbocycles. The number of pyridine rings is 1. The molecule has 1 fully saturated rings. The number of benzene rings is 2. The Kier molecular flexibility index (Phi) is 19.5. The first-order valence-electron chi connectivity index (χ1n) is 22.4. The number of nitrogens with zero attached hydrogens (tertiary/aromatic N) is 2. The molecule has 5 N–H and O–H groups in total. The molecule has 5 amide bonds. The second kappa shape index (κ2) is 24.7. The molecule has 1 aromatic heterocycles. The Balaban J connectivity index is 1.48. The largest absolute Gasteiger partial charge is 0.451 e. The maximum atomic E-state index is 14.3. The summed E-state index contributed by atoms with van der Waals surface area (Å²) < 4.78 is 10.8. The van der Waals surface area contributed by atoms with Crippen LogP contribution in [0.2, 0.25) is 0 Å². The van der Waals surface area contributed by atoms with Gasteiger partial charge in [-0.2, -0.15) is 0 Å². The maximum absolute atomic E-state index is 14.3. The SMILES string of the molecule is CC(C)C[C@H](NC(=O)OC(C)(C)C)C(=O)N[C@H](C(=O)N[C@@H](Cc1ccccc1)C(=O)N[C@@H](Cc1ccccc1)C(=O)N[C@@H](C)C(=O)OCC#Cc1cncc(C2CCCN2C)c1)C(C)C. The fourth-order valence-electron chi connectivity index (χ4n) is 7.38. The van der Waals surface area contributed by atoms with Gasteiger partial charge in [0.05, 0.1) is 0 Å². The highest BCUT2D eigenvalue weighted by atomic mass is 16.6. The van der Waals surface area contributed by atoms with Gasteiger partial charge in [-0.25, -0.2) is 9.59 Å². The number of carbonyl (C=O) groups excluding carboxylic acids is 6. The van der Waals surface area contributed by atoms with Crippen LogP contribution >= 0.6 is 0 Å². The molecule has 15 nitrogen and oxygen atoms in total. The first-order valence-corrected chi connectivity index (χ1v) is 22.4. The summed E-state index contributed by atoms with van der Waals surface area (Å²) >= 11 is 0. The van der Waals surface area contributed by atoms with Crippen molar-refractivity contribution in [1.29, 1.82) is 0 Å². The minimum atomic E-state index is -1.20. The molecule has 2 heterocycles. The lowest BCUT2D eigenvalue weighted by atomic mass is 9.98. The van der Waals surface area contributed by atoms with E-state index >= 15 is 0 Å². The van der Waals surface area contributed by atoms with Crippen molar-refractivity contribution in [1.82, 2.24) is 36.5 Å². The summed E-state index contributed by atoms with van der Waals surface area (Å²) in [7, 11) is 2.09. The Labute approximate surface area is 384 Å². The number of amides is 5. The molecule has 1 aliphatic heterocycles. The van der Waals surface area contributed by atoms with Crippen LogP contribution in [0.3, 0.4) is 0 Å². The molecule has 2 aromatic carbocycles. The van der Waals surface area contributed by atoms with Gasteiger partial charge in [0, 0.05) is 36.8 Å². The highest BCUT2D eigenvalue weighted by molar-refractivity contribution is 5.96. The van der Waals surface area contributed by atoms with Crippen molar-refractivity contribution in [3.8, 4) is 11.8 Å². The van der Waals surface area contributed by atoms with Crippen LogP contribution in [0, 0.1) is 23.7 Å². The average Bonchev–Trinajstić information content (AvgIpc) is 3.68. The Bertz CT molecular complexity index is 2130. The topological polar surface area (TPSA) is 197 Å². The minimum Gasteiger partial charge on any atom is -0.451 e. The monoisotopic (exact) mass is 894 g/mol. The van der Waals surface area contributed by atoms with Crippen LogP contribution < -0.4 is 26.6 Å². The number of rotatable bonds is 19. The Morgan fingerprint density at radius 1 is 0.754 bits per heavy atom. The van der Waals surface area contributed by atoms with E-state index in [0.717, 1.165) is 36.1 Å². The first-order chi connectivity index (χ1) is 30.8. The van der Waals surface area contributed by atoms with Crippen molar-refractivity contribution in [3.63, 3.8) is 0 Å². The van der Waals surface area contributed by atoms with Crippen LogP contribution in [-0.4, -0.2) is 102 Å². The molecule has 6 atom stereocenters. The van der Waals surface area contributed by atoms with E-state index in [-0.39, 0.29) is 37.8 Å². The van der Waals surface area contributed by atoms with Gasteiger partial charge in [0.1, 0.15) is 35.8 Å². The highest BCUT2D eigenvalue weighted by Gasteiger charge is 2.34. The molecule has 3 aromatic rings. The van der Waals surface area contributed by atoms with Gasteiger partial charge in [-0.15, -0.1) is 0 Å². The van der Waals surface area contributed by atoms with Crippen LogP contribution in [0.25, 0.3) is 0 Å². The fourth-order valence-corrected chi connectivity index (χ4v) is 7.38. The van der Waals surface area contributed by atoms with E-state index in [1.807, 2.05) is 62.5 Å². The molecule has 15 heteroatoms. The Morgan fingerprint density at radius 2 is 1.32 bits per heavy atom. The quantitative estimate of drug-likeness (QED) is 0.0825. The number of ether oxygens (including phenoxy) is 2. The zero-order chi connectivity index (χ0) is 47.7. The molecule has 0 bridgehead atoms. The zero-order valence-electron chi connectivity index (χ0n) is 39.2. The molecule has 1 aliphatic rings. The van der Waals surface area contributed by atoms with E-state index in [1.54, 1.807) is 65.1 Å². The lowest BCUT2D eigenvalue weighted by Crippen LogP contribution is -2.60. The number of aromatic nitrogens is 1. The average molecular weight is 894 g/mol. The number of esters is 1. The van der Waals surface area contributed by atoms with Gasteiger partial charge >= 0.3 is 12.1 Å². The summed E-state index contributed by atoms with van der Waals surface area (Å²) in [4.78, 5) is 88.5. The van der Waals surface area contributed by atoms with Gasteiger partial charge in [0.15, 0.2) is 6.61 Å². The number of carbonyl (C=O) groups is 6. The minimum absolute atomic E-state index is 0.00969. The molecule has 65 heavy (non-hydrogen) atoms. The Morgan fingerprint density at radius 3 is 1.86 bits per heavy atom. The lowest BCUT2D eigenvalue weighted by Gasteiger charge is -2.29. The molecule has 350 valence electrons. The van der Waals surface area contributed by atoms with Gasteiger partial charge in [0.25, 0.3) is 0 Å². The van der Waals surface area contributed by atoms with Gasteiger partial charge < -0.3 is 36.1 Å². The summed E-state index contributed by atoms with van der Waals surface area (Å²) in [6.45, 7) is 14.7. The fraction of sp³-hybridized carbons (Fsp3) is 0.500. The number of alkyl carbamates (subject to hydrolysis) is 1. The van der Waals surface area contributed by atoms with Crippen molar-refractivity contribution >= 4 is 35.7 Å². The van der Waals surface area contributed by atoms with Crippen molar-refractivity contribution in [2.45, 2.75) is 129 Å². The zero-order valence-corrected chi connectivity index (χ0v) is 39.2. The third-order valence-electron chi connectivity index (χ3n) is 10.7. The molecule has 1 unspecified atom stereocenters. The molecular weight excluding hydrogens is 827 g/mol. The third kappa shape index (κ3) is 17.3.